The number of nitrogens with two attached hydrogens (primary N) is 1. The first-order valence-corrected chi connectivity index (χ1v) is 5.50. The van der Waals surface area contributed by atoms with Gasteiger partial charge in [-0.25, -0.2) is 8.78 Å². The molecular formula is C14H13F2NO. The molecule has 0 aliphatic carbocycles. The molecule has 0 aliphatic rings. The lowest BCUT2D eigenvalue weighted by Gasteiger charge is -2.12. The van der Waals surface area contributed by atoms with Crippen LogP contribution in [0.2, 0.25) is 0 Å². The molecule has 0 aromatic heterocycles. The summed E-state index contributed by atoms with van der Waals surface area (Å²) in [7, 11) is 0. The number of anilines is 1. The summed E-state index contributed by atoms with van der Waals surface area (Å²) in [4.78, 5) is 0. The number of rotatable bonds is 3. The second kappa shape index (κ2) is 5.04. The number of para-hydroxylation sites is 1. The van der Waals surface area contributed by atoms with Crippen molar-refractivity contribution in [2.24, 2.45) is 0 Å². The molecule has 0 spiro atoms. The Morgan fingerprint density at radius 2 is 1.94 bits per heavy atom. The Labute approximate surface area is 104 Å². The third-order valence-electron chi connectivity index (χ3n) is 2.62. The molecule has 0 amide bonds. The maximum atomic E-state index is 13.4. The van der Waals surface area contributed by atoms with Crippen molar-refractivity contribution < 1.29 is 13.5 Å². The van der Waals surface area contributed by atoms with Crippen molar-refractivity contribution in [2.75, 3.05) is 5.73 Å². The van der Waals surface area contributed by atoms with Crippen LogP contribution >= 0.6 is 0 Å². The van der Waals surface area contributed by atoms with Gasteiger partial charge in [-0.05, 0) is 36.8 Å². The van der Waals surface area contributed by atoms with Crippen LogP contribution in [0.15, 0.2) is 36.4 Å². The summed E-state index contributed by atoms with van der Waals surface area (Å²) in [5.74, 6) is -0.488. The van der Waals surface area contributed by atoms with Crippen LogP contribution in [0.1, 0.15) is 11.1 Å². The molecule has 0 bridgehead atoms. The van der Waals surface area contributed by atoms with Gasteiger partial charge in [-0.2, -0.15) is 0 Å². The Morgan fingerprint density at radius 1 is 1.17 bits per heavy atom. The minimum absolute atomic E-state index is 0.0569. The highest BCUT2D eigenvalue weighted by molar-refractivity contribution is 5.56. The van der Waals surface area contributed by atoms with Gasteiger partial charge in [-0.15, -0.1) is 0 Å². The predicted molar refractivity (Wildman–Crippen MR) is 66.3 cm³/mol. The molecule has 0 heterocycles. The molecule has 18 heavy (non-hydrogen) atoms. The molecule has 94 valence electrons. The quantitative estimate of drug-likeness (QED) is 0.846. The Kier molecular flexibility index (Phi) is 3.46. The highest BCUT2D eigenvalue weighted by Crippen LogP contribution is 2.26. The fourth-order valence-corrected chi connectivity index (χ4v) is 1.68. The van der Waals surface area contributed by atoms with E-state index in [1.807, 2.05) is 13.0 Å². The number of aryl methyl sites for hydroxylation is 1. The smallest absolute Gasteiger partial charge is 0.145 e. The molecule has 2 nitrogen and oxygen atoms in total. The van der Waals surface area contributed by atoms with E-state index < -0.39 is 11.6 Å². The van der Waals surface area contributed by atoms with Crippen LogP contribution in [0.3, 0.4) is 0 Å². The van der Waals surface area contributed by atoms with Gasteiger partial charge in [0, 0.05) is 5.56 Å². The van der Waals surface area contributed by atoms with Crippen LogP contribution in [-0.2, 0) is 6.61 Å². The number of ether oxygens (including phenoxy) is 1. The normalized spacial score (nSPS) is 10.4. The lowest BCUT2D eigenvalue weighted by molar-refractivity contribution is 0.298. The molecular weight excluding hydrogens is 236 g/mol. The Bertz CT molecular complexity index is 549. The average molecular weight is 249 g/mol. The molecule has 0 fully saturated rings. The van der Waals surface area contributed by atoms with Crippen molar-refractivity contribution in [1.82, 2.24) is 0 Å². The first kappa shape index (κ1) is 12.4. The highest BCUT2D eigenvalue weighted by Gasteiger charge is 2.08. The molecule has 2 N–H and O–H groups in total. The van der Waals surface area contributed by atoms with Crippen LogP contribution in [0.5, 0.6) is 5.75 Å². The summed E-state index contributed by atoms with van der Waals surface area (Å²) in [5.41, 5.74) is 7.26. The van der Waals surface area contributed by atoms with E-state index in [0.29, 0.717) is 11.4 Å². The number of hydrogen-bond acceptors (Lipinski definition) is 2. The van der Waals surface area contributed by atoms with Crippen molar-refractivity contribution >= 4 is 5.69 Å². The van der Waals surface area contributed by atoms with Crippen LogP contribution < -0.4 is 10.5 Å². The van der Waals surface area contributed by atoms with Gasteiger partial charge in [0.1, 0.15) is 24.0 Å². The molecule has 0 atom stereocenters. The second-order valence-corrected chi connectivity index (χ2v) is 4.02. The maximum absolute atomic E-state index is 13.4. The van der Waals surface area contributed by atoms with E-state index in [-0.39, 0.29) is 12.2 Å². The molecule has 0 unspecified atom stereocenters. The summed E-state index contributed by atoms with van der Waals surface area (Å²) in [6.45, 7) is 1.78. The number of benzene rings is 2. The van der Waals surface area contributed by atoms with Crippen LogP contribution in [0.25, 0.3) is 0 Å². The number of nitrogen functional groups attached to an aromatic ring is 1. The van der Waals surface area contributed by atoms with E-state index in [2.05, 4.69) is 0 Å². The van der Waals surface area contributed by atoms with Gasteiger partial charge >= 0.3 is 0 Å². The van der Waals surface area contributed by atoms with Crippen LogP contribution in [0.4, 0.5) is 14.5 Å². The molecule has 0 aliphatic heterocycles. The Balaban J connectivity index is 2.19. The Morgan fingerprint density at radius 3 is 2.67 bits per heavy atom. The minimum atomic E-state index is -0.497. The van der Waals surface area contributed by atoms with E-state index in [0.717, 1.165) is 23.8 Å². The van der Waals surface area contributed by atoms with Crippen LogP contribution in [-0.4, -0.2) is 0 Å². The largest absolute Gasteiger partial charge is 0.486 e. The summed E-state index contributed by atoms with van der Waals surface area (Å²) >= 11 is 0. The maximum Gasteiger partial charge on any atom is 0.145 e. The van der Waals surface area contributed by atoms with E-state index in [9.17, 15) is 8.78 Å². The number of halogens is 2. The van der Waals surface area contributed by atoms with Gasteiger partial charge in [0.2, 0.25) is 0 Å². The van der Waals surface area contributed by atoms with Gasteiger partial charge in [0.25, 0.3) is 0 Å². The molecule has 4 heteroatoms. The monoisotopic (exact) mass is 249 g/mol. The van der Waals surface area contributed by atoms with Crippen molar-refractivity contribution in [3.8, 4) is 5.75 Å². The van der Waals surface area contributed by atoms with Crippen molar-refractivity contribution in [3.63, 3.8) is 0 Å². The summed E-state index contributed by atoms with van der Waals surface area (Å²) in [5, 5.41) is 0. The van der Waals surface area contributed by atoms with Crippen molar-refractivity contribution in [3.05, 3.63) is 59.2 Å². The van der Waals surface area contributed by atoms with Crippen LogP contribution in [0, 0.1) is 18.6 Å². The molecule has 0 radical (unpaired) electrons. The molecule has 2 aromatic rings. The molecule has 0 saturated heterocycles. The van der Waals surface area contributed by atoms with Crippen molar-refractivity contribution in [1.29, 1.82) is 0 Å². The Hall–Kier alpha value is -2.10. The average Bonchev–Trinajstić information content (AvgIpc) is 2.33. The predicted octanol–water partition coefficient (Wildman–Crippen LogP) is 3.43. The summed E-state index contributed by atoms with van der Waals surface area (Å²) in [6, 6.07) is 8.61. The standard InChI is InChI=1S/C14H13F2NO/c1-9-3-2-4-13(17)14(9)18-8-10-7-11(15)5-6-12(10)16/h2-7H,8,17H2,1H3. The summed E-state index contributed by atoms with van der Waals surface area (Å²) < 4.78 is 31.8. The highest BCUT2D eigenvalue weighted by atomic mass is 19.1. The lowest BCUT2D eigenvalue weighted by atomic mass is 10.2. The van der Waals surface area contributed by atoms with Crippen molar-refractivity contribution in [2.45, 2.75) is 13.5 Å². The first-order chi connectivity index (χ1) is 8.58. The van der Waals surface area contributed by atoms with Gasteiger partial charge in [0.15, 0.2) is 0 Å². The first-order valence-electron chi connectivity index (χ1n) is 5.50. The molecule has 2 rings (SSSR count). The van der Waals surface area contributed by atoms with E-state index >= 15 is 0 Å². The molecule has 2 aromatic carbocycles. The topological polar surface area (TPSA) is 35.2 Å². The zero-order chi connectivity index (χ0) is 13.1. The fourth-order valence-electron chi connectivity index (χ4n) is 1.68. The van der Waals surface area contributed by atoms with E-state index in [1.54, 1.807) is 12.1 Å². The van der Waals surface area contributed by atoms with E-state index in [4.69, 9.17) is 10.5 Å². The van der Waals surface area contributed by atoms with Gasteiger partial charge in [0.05, 0.1) is 5.69 Å². The van der Waals surface area contributed by atoms with Gasteiger partial charge in [-0.1, -0.05) is 12.1 Å². The zero-order valence-corrected chi connectivity index (χ0v) is 9.91. The fraction of sp³-hybridized carbons (Fsp3) is 0.143. The SMILES string of the molecule is Cc1cccc(N)c1OCc1cc(F)ccc1F. The number of hydrogen-bond donors (Lipinski definition) is 1. The molecule has 0 saturated carbocycles. The third-order valence-corrected chi connectivity index (χ3v) is 2.62. The van der Waals surface area contributed by atoms with Gasteiger partial charge in [-0.3, -0.25) is 0 Å². The lowest BCUT2D eigenvalue weighted by Crippen LogP contribution is -2.02. The second-order valence-electron chi connectivity index (χ2n) is 4.02. The summed E-state index contributed by atoms with van der Waals surface area (Å²) in [6.07, 6.45) is 0. The third kappa shape index (κ3) is 2.59. The minimum Gasteiger partial charge on any atom is -0.486 e. The van der Waals surface area contributed by atoms with Gasteiger partial charge < -0.3 is 10.5 Å². The zero-order valence-electron chi connectivity index (χ0n) is 9.91. The van der Waals surface area contributed by atoms with E-state index in [1.165, 1.54) is 0 Å².